The third-order valence-electron chi connectivity index (χ3n) is 4.68. The molecule has 5 heteroatoms. The monoisotopic (exact) mass is 351 g/mol. The minimum atomic E-state index is 0.719. The van der Waals surface area contributed by atoms with E-state index in [-0.39, 0.29) is 0 Å². The minimum absolute atomic E-state index is 0.719. The summed E-state index contributed by atoms with van der Waals surface area (Å²) in [5, 5.41) is 11.2. The highest BCUT2D eigenvalue weighted by Crippen LogP contribution is 2.19. The van der Waals surface area contributed by atoms with E-state index < -0.39 is 0 Å². The molecule has 0 aliphatic heterocycles. The lowest BCUT2D eigenvalue weighted by Gasteiger charge is -2.15. The van der Waals surface area contributed by atoms with E-state index in [1.54, 1.807) is 5.57 Å². The van der Waals surface area contributed by atoms with Gasteiger partial charge in [0, 0.05) is 31.9 Å². The Hall–Kier alpha value is -2.56. The van der Waals surface area contributed by atoms with E-state index in [4.69, 9.17) is 0 Å². The number of nitrogens with one attached hydrogen (secondary N) is 2. The van der Waals surface area contributed by atoms with Crippen LogP contribution < -0.4 is 10.6 Å². The number of benzene rings is 1. The lowest BCUT2D eigenvalue weighted by molar-refractivity contribution is 0.665. The molecule has 1 aliphatic rings. The zero-order chi connectivity index (χ0) is 18.0. The molecule has 1 heterocycles. The second kappa shape index (κ2) is 9.80. The molecule has 0 atom stereocenters. The van der Waals surface area contributed by atoms with E-state index >= 15 is 0 Å². The fourth-order valence-corrected chi connectivity index (χ4v) is 3.23. The lowest BCUT2D eigenvalue weighted by atomic mass is 9.97. The Bertz CT molecular complexity index is 730. The fourth-order valence-electron chi connectivity index (χ4n) is 3.23. The Balaban J connectivity index is 1.41. The molecule has 0 spiro atoms. The van der Waals surface area contributed by atoms with E-state index in [1.165, 1.54) is 31.2 Å². The number of aliphatic imine (C=N–C) groups is 1. The maximum absolute atomic E-state index is 4.45. The summed E-state index contributed by atoms with van der Waals surface area (Å²) in [5.74, 6) is 0.845. The number of guanidine groups is 1. The van der Waals surface area contributed by atoms with Gasteiger partial charge in [0.1, 0.15) is 0 Å². The quantitative estimate of drug-likeness (QED) is 0.456. The molecule has 0 saturated heterocycles. The summed E-state index contributed by atoms with van der Waals surface area (Å²) in [4.78, 5) is 4.31. The molecular formula is C21H29N5. The number of hydrogen-bond donors (Lipinski definition) is 2. The number of nitrogens with zero attached hydrogens (tertiary/aromatic N) is 3. The van der Waals surface area contributed by atoms with Gasteiger partial charge >= 0.3 is 0 Å². The fraction of sp³-hybridized carbons (Fsp3) is 0.429. The average Bonchev–Trinajstić information content (AvgIpc) is 3.13. The Morgan fingerprint density at radius 1 is 1.15 bits per heavy atom. The summed E-state index contributed by atoms with van der Waals surface area (Å²) in [7, 11) is 1.81. The molecule has 0 amide bonds. The van der Waals surface area contributed by atoms with E-state index in [9.17, 15) is 0 Å². The van der Waals surface area contributed by atoms with Crippen molar-refractivity contribution in [1.29, 1.82) is 0 Å². The van der Waals surface area contributed by atoms with Crippen molar-refractivity contribution in [2.45, 2.75) is 45.2 Å². The zero-order valence-electron chi connectivity index (χ0n) is 15.6. The topological polar surface area (TPSA) is 54.2 Å². The van der Waals surface area contributed by atoms with Crippen molar-refractivity contribution in [2.24, 2.45) is 4.99 Å². The largest absolute Gasteiger partial charge is 0.356 e. The van der Waals surface area contributed by atoms with Crippen molar-refractivity contribution >= 4 is 5.96 Å². The molecule has 2 aromatic rings. The maximum atomic E-state index is 4.45. The predicted octanol–water partition coefficient (Wildman–Crippen LogP) is 3.49. The van der Waals surface area contributed by atoms with Crippen molar-refractivity contribution < 1.29 is 0 Å². The van der Waals surface area contributed by atoms with Crippen molar-refractivity contribution in [3.05, 3.63) is 65.5 Å². The maximum Gasteiger partial charge on any atom is 0.191 e. The van der Waals surface area contributed by atoms with Gasteiger partial charge < -0.3 is 10.6 Å². The van der Waals surface area contributed by atoms with Crippen molar-refractivity contribution in [3.8, 4) is 0 Å². The normalized spacial score (nSPS) is 14.8. The first kappa shape index (κ1) is 18.2. The van der Waals surface area contributed by atoms with Gasteiger partial charge in [0.15, 0.2) is 5.96 Å². The van der Waals surface area contributed by atoms with Gasteiger partial charge in [-0.2, -0.15) is 5.10 Å². The summed E-state index contributed by atoms with van der Waals surface area (Å²) in [6.07, 6.45) is 12.7. The second-order valence-electron chi connectivity index (χ2n) is 6.74. The summed E-state index contributed by atoms with van der Waals surface area (Å²) in [6.45, 7) is 2.44. The van der Waals surface area contributed by atoms with Crippen LogP contribution in [0.15, 0.2) is 59.4 Å². The molecule has 3 rings (SSSR count). The van der Waals surface area contributed by atoms with Gasteiger partial charge in [-0.3, -0.25) is 9.67 Å². The average molecular weight is 351 g/mol. The van der Waals surface area contributed by atoms with Crippen LogP contribution in [0.1, 0.15) is 43.2 Å². The molecule has 0 saturated carbocycles. The molecule has 0 unspecified atom stereocenters. The number of rotatable bonds is 7. The smallest absolute Gasteiger partial charge is 0.191 e. The van der Waals surface area contributed by atoms with Crippen LogP contribution in [0.2, 0.25) is 0 Å². The summed E-state index contributed by atoms with van der Waals surface area (Å²) >= 11 is 0. The van der Waals surface area contributed by atoms with Gasteiger partial charge in [-0.25, -0.2) is 0 Å². The molecule has 0 fully saturated rings. The molecule has 138 valence electrons. The van der Waals surface area contributed by atoms with Gasteiger partial charge in [-0.15, -0.1) is 0 Å². The van der Waals surface area contributed by atoms with Gasteiger partial charge in [0.25, 0.3) is 0 Å². The first-order chi connectivity index (χ1) is 12.8. The zero-order valence-corrected chi connectivity index (χ0v) is 15.6. The predicted molar refractivity (Wildman–Crippen MR) is 107 cm³/mol. The van der Waals surface area contributed by atoms with Gasteiger partial charge in [0.2, 0.25) is 0 Å². The third kappa shape index (κ3) is 5.76. The van der Waals surface area contributed by atoms with Crippen LogP contribution in [0, 0.1) is 0 Å². The minimum Gasteiger partial charge on any atom is -0.356 e. The second-order valence-corrected chi connectivity index (χ2v) is 6.74. The summed E-state index contributed by atoms with van der Waals surface area (Å²) in [6, 6.07) is 10.4. The highest BCUT2D eigenvalue weighted by atomic mass is 15.3. The van der Waals surface area contributed by atoms with E-state index in [0.717, 1.165) is 37.6 Å². The first-order valence-corrected chi connectivity index (χ1v) is 9.51. The van der Waals surface area contributed by atoms with Crippen molar-refractivity contribution in [3.63, 3.8) is 0 Å². The van der Waals surface area contributed by atoms with Gasteiger partial charge in [0.05, 0.1) is 12.7 Å². The molecule has 2 N–H and O–H groups in total. The number of aromatic nitrogens is 2. The van der Waals surface area contributed by atoms with E-state index in [1.807, 2.05) is 24.0 Å². The molecule has 1 aromatic heterocycles. The molecule has 0 radical (unpaired) electrons. The molecule has 0 bridgehead atoms. The lowest BCUT2D eigenvalue weighted by Crippen LogP contribution is -2.37. The van der Waals surface area contributed by atoms with Crippen molar-refractivity contribution in [1.82, 2.24) is 20.4 Å². The number of hydrogen-bond acceptors (Lipinski definition) is 2. The molecule has 1 aromatic carbocycles. The van der Waals surface area contributed by atoms with E-state index in [2.05, 4.69) is 57.3 Å². The van der Waals surface area contributed by atoms with Gasteiger partial charge in [-0.1, -0.05) is 42.0 Å². The Labute approximate surface area is 156 Å². The molecule has 5 nitrogen and oxygen atoms in total. The van der Waals surface area contributed by atoms with Gasteiger partial charge in [-0.05, 0) is 37.7 Å². The Kier molecular flexibility index (Phi) is 6.88. The van der Waals surface area contributed by atoms with E-state index in [0.29, 0.717) is 0 Å². The highest BCUT2D eigenvalue weighted by molar-refractivity contribution is 5.79. The third-order valence-corrected chi connectivity index (χ3v) is 4.68. The standard InChI is InChI=1S/C21H29N5/c1-22-21(23-13-12-18-8-4-2-5-9-18)24-14-20-15-25-26(17-20)16-19-10-6-3-7-11-19/h3,6-8,10-11,15,17H,2,4-5,9,12-14,16H2,1H3,(H2,22,23,24). The molecule has 1 aliphatic carbocycles. The van der Waals surface area contributed by atoms with Crippen LogP contribution >= 0.6 is 0 Å². The van der Waals surface area contributed by atoms with Crippen LogP contribution in [0.4, 0.5) is 0 Å². The first-order valence-electron chi connectivity index (χ1n) is 9.51. The SMILES string of the molecule is CN=C(NCCC1=CCCCC1)NCc1cnn(Cc2ccccc2)c1. The Morgan fingerprint density at radius 2 is 2.04 bits per heavy atom. The molecule has 26 heavy (non-hydrogen) atoms. The summed E-state index contributed by atoms with van der Waals surface area (Å²) in [5.41, 5.74) is 3.99. The van der Waals surface area contributed by atoms with Crippen LogP contribution in [0.25, 0.3) is 0 Å². The van der Waals surface area contributed by atoms with Crippen molar-refractivity contribution in [2.75, 3.05) is 13.6 Å². The summed E-state index contributed by atoms with van der Waals surface area (Å²) < 4.78 is 1.97. The van der Waals surface area contributed by atoms with Crippen LogP contribution in [-0.2, 0) is 13.1 Å². The van der Waals surface area contributed by atoms with Crippen LogP contribution in [-0.4, -0.2) is 29.3 Å². The van der Waals surface area contributed by atoms with Crippen LogP contribution in [0.5, 0.6) is 0 Å². The molecular weight excluding hydrogens is 322 g/mol. The number of allylic oxidation sites excluding steroid dienone is 1. The highest BCUT2D eigenvalue weighted by Gasteiger charge is 2.05. The Morgan fingerprint density at radius 3 is 2.81 bits per heavy atom. The van der Waals surface area contributed by atoms with Crippen LogP contribution in [0.3, 0.4) is 0 Å².